The molecule has 122 valence electrons. The van der Waals surface area contributed by atoms with Gasteiger partial charge in [0, 0.05) is 29.5 Å². The molecular weight excluding hydrogens is 316 g/mol. The number of amides is 1. The highest BCUT2D eigenvalue weighted by molar-refractivity contribution is 7.13. The highest BCUT2D eigenvalue weighted by atomic mass is 32.1. The van der Waals surface area contributed by atoms with Gasteiger partial charge in [0.25, 0.3) is 5.91 Å². The lowest BCUT2D eigenvalue weighted by atomic mass is 10.1. The van der Waals surface area contributed by atoms with Crippen LogP contribution in [0.2, 0.25) is 0 Å². The molecule has 0 aliphatic heterocycles. The molecular formula is C20H20N2OS. The Labute approximate surface area is 146 Å². The number of aromatic nitrogens is 1. The second-order valence-corrected chi connectivity index (χ2v) is 6.69. The van der Waals surface area contributed by atoms with Gasteiger partial charge < -0.3 is 5.32 Å². The van der Waals surface area contributed by atoms with Crippen LogP contribution < -0.4 is 5.32 Å². The van der Waals surface area contributed by atoms with E-state index in [9.17, 15) is 4.79 Å². The predicted molar refractivity (Wildman–Crippen MR) is 99.5 cm³/mol. The number of benzene rings is 2. The van der Waals surface area contributed by atoms with Crippen LogP contribution in [-0.4, -0.2) is 17.4 Å². The number of carbonyl (C=O) groups is 1. The third-order valence-corrected chi connectivity index (χ3v) is 4.81. The van der Waals surface area contributed by atoms with Gasteiger partial charge in [-0.3, -0.25) is 4.79 Å². The molecule has 3 aromatic rings. The van der Waals surface area contributed by atoms with E-state index in [-0.39, 0.29) is 5.91 Å². The number of thiazole rings is 1. The molecule has 0 spiro atoms. The molecule has 0 atom stereocenters. The van der Waals surface area contributed by atoms with E-state index in [1.807, 2.05) is 50.2 Å². The molecule has 0 aliphatic carbocycles. The van der Waals surface area contributed by atoms with Gasteiger partial charge in [-0.2, -0.15) is 0 Å². The fourth-order valence-corrected chi connectivity index (χ4v) is 3.46. The fraction of sp³-hybridized carbons (Fsp3) is 0.200. The Bertz CT molecular complexity index is 840. The van der Waals surface area contributed by atoms with E-state index in [2.05, 4.69) is 27.8 Å². The van der Waals surface area contributed by atoms with Crippen molar-refractivity contribution in [3.8, 4) is 10.6 Å². The minimum Gasteiger partial charge on any atom is -0.352 e. The van der Waals surface area contributed by atoms with E-state index in [4.69, 9.17) is 0 Å². The predicted octanol–water partition coefficient (Wildman–Crippen LogP) is 4.40. The van der Waals surface area contributed by atoms with Gasteiger partial charge in [-0.05, 0) is 25.5 Å². The maximum atomic E-state index is 12.3. The van der Waals surface area contributed by atoms with Crippen LogP contribution in [0.5, 0.6) is 0 Å². The number of nitrogens with one attached hydrogen (secondary N) is 1. The third kappa shape index (κ3) is 3.89. The van der Waals surface area contributed by atoms with E-state index >= 15 is 0 Å². The number of hydrogen-bond donors (Lipinski definition) is 1. The molecule has 0 unspecified atom stereocenters. The summed E-state index contributed by atoms with van der Waals surface area (Å²) in [7, 11) is 0. The highest BCUT2D eigenvalue weighted by Gasteiger charge is 2.09. The van der Waals surface area contributed by atoms with E-state index in [1.165, 1.54) is 5.56 Å². The lowest BCUT2D eigenvalue weighted by Gasteiger charge is -2.07. The van der Waals surface area contributed by atoms with Gasteiger partial charge in [-0.25, -0.2) is 4.98 Å². The minimum absolute atomic E-state index is 0.0222. The average Bonchev–Trinajstić information content (AvgIpc) is 3.04. The third-order valence-electron chi connectivity index (χ3n) is 3.87. The van der Waals surface area contributed by atoms with Gasteiger partial charge in [0.2, 0.25) is 0 Å². The summed E-state index contributed by atoms with van der Waals surface area (Å²) in [4.78, 5) is 16.9. The molecule has 1 heterocycles. The maximum absolute atomic E-state index is 12.3. The molecule has 1 aromatic heterocycles. The smallest absolute Gasteiger partial charge is 0.251 e. The first-order chi connectivity index (χ1) is 11.6. The SMILES string of the molecule is Cc1ccc(C(=O)NCCc2csc(-c3ccccc3)n2)c(C)c1. The van der Waals surface area contributed by atoms with Crippen LogP contribution >= 0.6 is 11.3 Å². The normalized spacial score (nSPS) is 10.6. The highest BCUT2D eigenvalue weighted by Crippen LogP contribution is 2.23. The first-order valence-corrected chi connectivity index (χ1v) is 8.87. The van der Waals surface area contributed by atoms with Gasteiger partial charge in [-0.1, -0.05) is 48.0 Å². The van der Waals surface area contributed by atoms with Crippen LogP contribution in [0, 0.1) is 13.8 Å². The quantitative estimate of drug-likeness (QED) is 0.750. The van der Waals surface area contributed by atoms with Crippen LogP contribution in [0.3, 0.4) is 0 Å². The van der Waals surface area contributed by atoms with Gasteiger partial charge in [0.15, 0.2) is 0 Å². The molecule has 0 saturated carbocycles. The Hall–Kier alpha value is -2.46. The number of aryl methyl sites for hydroxylation is 2. The van der Waals surface area contributed by atoms with E-state index in [0.717, 1.165) is 33.8 Å². The van der Waals surface area contributed by atoms with Crippen LogP contribution in [0.4, 0.5) is 0 Å². The van der Waals surface area contributed by atoms with Crippen molar-refractivity contribution < 1.29 is 4.79 Å². The fourth-order valence-electron chi connectivity index (χ4n) is 2.60. The standard InChI is InChI=1S/C20H20N2OS/c1-14-8-9-18(15(2)12-14)19(23)21-11-10-17-13-24-20(22-17)16-6-4-3-5-7-16/h3-9,12-13H,10-11H2,1-2H3,(H,21,23). The molecule has 0 saturated heterocycles. The molecule has 0 fully saturated rings. The summed E-state index contributed by atoms with van der Waals surface area (Å²) >= 11 is 1.64. The second-order valence-electron chi connectivity index (χ2n) is 5.83. The number of rotatable bonds is 5. The van der Waals surface area contributed by atoms with Crippen molar-refractivity contribution in [2.75, 3.05) is 6.54 Å². The molecule has 0 aliphatic rings. The monoisotopic (exact) mass is 336 g/mol. The Kier molecular flexibility index (Phi) is 5.06. The molecule has 2 aromatic carbocycles. The lowest BCUT2D eigenvalue weighted by Crippen LogP contribution is -2.26. The van der Waals surface area contributed by atoms with Crippen molar-refractivity contribution in [3.05, 3.63) is 76.3 Å². The molecule has 1 amide bonds. The molecule has 4 heteroatoms. The van der Waals surface area contributed by atoms with Crippen LogP contribution in [0.25, 0.3) is 10.6 Å². The zero-order valence-electron chi connectivity index (χ0n) is 13.9. The van der Waals surface area contributed by atoms with Crippen molar-refractivity contribution in [1.29, 1.82) is 0 Å². The summed E-state index contributed by atoms with van der Waals surface area (Å²) in [5.74, 6) is -0.0222. The molecule has 0 radical (unpaired) electrons. The Morgan fingerprint density at radius 2 is 1.92 bits per heavy atom. The van der Waals surface area contributed by atoms with E-state index < -0.39 is 0 Å². The minimum atomic E-state index is -0.0222. The molecule has 1 N–H and O–H groups in total. The summed E-state index contributed by atoms with van der Waals surface area (Å²) in [5, 5.41) is 6.06. The lowest BCUT2D eigenvalue weighted by molar-refractivity contribution is 0.0953. The van der Waals surface area contributed by atoms with Crippen molar-refractivity contribution in [3.63, 3.8) is 0 Å². The second kappa shape index (κ2) is 7.41. The van der Waals surface area contributed by atoms with Crippen LogP contribution in [-0.2, 0) is 6.42 Å². The Morgan fingerprint density at radius 3 is 2.67 bits per heavy atom. The average molecular weight is 336 g/mol. The van der Waals surface area contributed by atoms with Crippen molar-refractivity contribution in [2.24, 2.45) is 0 Å². The zero-order valence-corrected chi connectivity index (χ0v) is 14.7. The maximum Gasteiger partial charge on any atom is 0.251 e. The Balaban J connectivity index is 1.57. The molecule has 24 heavy (non-hydrogen) atoms. The van der Waals surface area contributed by atoms with Gasteiger partial charge in [0.1, 0.15) is 5.01 Å². The summed E-state index contributed by atoms with van der Waals surface area (Å²) in [6.07, 6.45) is 0.736. The first kappa shape index (κ1) is 16.4. The van der Waals surface area contributed by atoms with Crippen molar-refractivity contribution in [2.45, 2.75) is 20.3 Å². The van der Waals surface area contributed by atoms with Crippen LogP contribution in [0.15, 0.2) is 53.9 Å². The summed E-state index contributed by atoms with van der Waals surface area (Å²) in [6.45, 7) is 4.58. The van der Waals surface area contributed by atoms with Crippen molar-refractivity contribution >= 4 is 17.2 Å². The number of hydrogen-bond acceptors (Lipinski definition) is 3. The van der Waals surface area contributed by atoms with Gasteiger partial charge in [0.05, 0.1) is 5.69 Å². The molecule has 3 nitrogen and oxygen atoms in total. The Morgan fingerprint density at radius 1 is 1.12 bits per heavy atom. The first-order valence-electron chi connectivity index (χ1n) is 7.99. The van der Waals surface area contributed by atoms with Crippen molar-refractivity contribution in [1.82, 2.24) is 10.3 Å². The number of nitrogens with zero attached hydrogens (tertiary/aromatic N) is 1. The zero-order chi connectivity index (χ0) is 16.9. The molecule has 3 rings (SSSR count). The van der Waals surface area contributed by atoms with E-state index in [0.29, 0.717) is 6.54 Å². The van der Waals surface area contributed by atoms with E-state index in [1.54, 1.807) is 11.3 Å². The van der Waals surface area contributed by atoms with Gasteiger partial charge >= 0.3 is 0 Å². The summed E-state index contributed by atoms with van der Waals surface area (Å²) in [5.41, 5.74) is 5.06. The summed E-state index contributed by atoms with van der Waals surface area (Å²) in [6, 6.07) is 16.0. The number of carbonyl (C=O) groups excluding carboxylic acids is 1. The topological polar surface area (TPSA) is 42.0 Å². The van der Waals surface area contributed by atoms with Crippen LogP contribution in [0.1, 0.15) is 27.2 Å². The molecule has 0 bridgehead atoms. The summed E-state index contributed by atoms with van der Waals surface area (Å²) < 4.78 is 0. The van der Waals surface area contributed by atoms with Gasteiger partial charge in [-0.15, -0.1) is 11.3 Å². The largest absolute Gasteiger partial charge is 0.352 e.